The molecule has 0 radical (unpaired) electrons. The second-order valence-corrected chi connectivity index (χ2v) is 4.80. The fraction of sp³-hybridized carbons (Fsp3) is 0.294. The Morgan fingerprint density at radius 2 is 1.90 bits per heavy atom. The molecule has 4 nitrogen and oxygen atoms in total. The van der Waals surface area contributed by atoms with Gasteiger partial charge in [-0.3, -0.25) is 4.98 Å². The van der Waals surface area contributed by atoms with Crippen LogP contribution in [0.4, 0.5) is 0 Å². The summed E-state index contributed by atoms with van der Waals surface area (Å²) < 4.78 is 0. The van der Waals surface area contributed by atoms with Gasteiger partial charge in [-0.25, -0.2) is 4.99 Å². The molecule has 1 aromatic heterocycles. The Kier molecular flexibility index (Phi) is 5.76. The molecule has 0 saturated heterocycles. The zero-order valence-corrected chi connectivity index (χ0v) is 12.6. The summed E-state index contributed by atoms with van der Waals surface area (Å²) >= 11 is 0. The minimum atomic E-state index is 0.667. The van der Waals surface area contributed by atoms with Crippen LogP contribution in [0.2, 0.25) is 0 Å². The third-order valence-corrected chi connectivity index (χ3v) is 3.18. The molecule has 0 aliphatic carbocycles. The quantitative estimate of drug-likeness (QED) is 0.655. The van der Waals surface area contributed by atoms with E-state index in [1.54, 1.807) is 6.20 Å². The molecule has 0 amide bonds. The Bertz CT molecular complexity index is 578. The van der Waals surface area contributed by atoms with Gasteiger partial charge in [0.15, 0.2) is 5.96 Å². The molecule has 2 rings (SSSR count). The molecule has 0 unspecified atom stereocenters. The van der Waals surface area contributed by atoms with Gasteiger partial charge < -0.3 is 10.6 Å². The number of hydrogen-bond donors (Lipinski definition) is 2. The summed E-state index contributed by atoms with van der Waals surface area (Å²) in [5, 5.41) is 6.56. The van der Waals surface area contributed by atoms with Crippen molar-refractivity contribution in [1.29, 1.82) is 0 Å². The van der Waals surface area contributed by atoms with Crippen LogP contribution in [0.1, 0.15) is 23.7 Å². The number of rotatable bonds is 5. The molecular weight excluding hydrogens is 260 g/mol. The lowest BCUT2D eigenvalue weighted by molar-refractivity contribution is 0.799. The summed E-state index contributed by atoms with van der Waals surface area (Å²) in [6.07, 6.45) is 1.80. The van der Waals surface area contributed by atoms with Crippen molar-refractivity contribution in [3.05, 3.63) is 65.5 Å². The number of aromatic nitrogens is 1. The number of guanidine groups is 1. The van der Waals surface area contributed by atoms with Crippen LogP contribution in [0.5, 0.6) is 0 Å². The van der Waals surface area contributed by atoms with E-state index in [0.717, 1.165) is 18.2 Å². The molecule has 2 aromatic rings. The summed E-state index contributed by atoms with van der Waals surface area (Å²) in [4.78, 5) is 8.92. The van der Waals surface area contributed by atoms with Gasteiger partial charge in [-0.05, 0) is 37.1 Å². The van der Waals surface area contributed by atoms with Crippen molar-refractivity contribution < 1.29 is 0 Å². The maximum atomic E-state index is 4.63. The van der Waals surface area contributed by atoms with Crippen molar-refractivity contribution in [3.63, 3.8) is 0 Å². The number of aliphatic imine (C=N–C) groups is 1. The van der Waals surface area contributed by atoms with E-state index in [4.69, 9.17) is 0 Å². The molecule has 110 valence electrons. The Morgan fingerprint density at radius 1 is 1.10 bits per heavy atom. The van der Waals surface area contributed by atoms with Gasteiger partial charge in [0.25, 0.3) is 0 Å². The zero-order chi connectivity index (χ0) is 14.9. The van der Waals surface area contributed by atoms with Crippen molar-refractivity contribution in [1.82, 2.24) is 15.6 Å². The van der Waals surface area contributed by atoms with E-state index in [2.05, 4.69) is 46.6 Å². The Labute approximate surface area is 126 Å². The third kappa shape index (κ3) is 4.91. The minimum Gasteiger partial charge on any atom is -0.357 e. The number of nitrogens with zero attached hydrogens (tertiary/aromatic N) is 2. The number of pyridine rings is 1. The highest BCUT2D eigenvalue weighted by Crippen LogP contribution is 2.07. The summed E-state index contributed by atoms with van der Waals surface area (Å²) in [6.45, 7) is 6.34. The first-order chi connectivity index (χ1) is 10.3. The summed E-state index contributed by atoms with van der Waals surface area (Å²) in [6, 6.07) is 14.2. The first-order valence-electron chi connectivity index (χ1n) is 7.26. The monoisotopic (exact) mass is 282 g/mol. The molecule has 0 spiro atoms. The van der Waals surface area contributed by atoms with Crippen LogP contribution in [0, 0.1) is 6.92 Å². The minimum absolute atomic E-state index is 0.667. The lowest BCUT2D eigenvalue weighted by atomic mass is 10.1. The van der Waals surface area contributed by atoms with Gasteiger partial charge in [0.05, 0.1) is 18.8 Å². The van der Waals surface area contributed by atoms with Gasteiger partial charge in [0.1, 0.15) is 0 Å². The van der Waals surface area contributed by atoms with Crippen LogP contribution < -0.4 is 10.6 Å². The van der Waals surface area contributed by atoms with Gasteiger partial charge in [-0.2, -0.15) is 0 Å². The Balaban J connectivity index is 1.98. The second kappa shape index (κ2) is 8.04. The van der Waals surface area contributed by atoms with Crippen LogP contribution in [0.25, 0.3) is 0 Å². The normalized spacial score (nSPS) is 11.2. The molecule has 0 aliphatic heterocycles. The van der Waals surface area contributed by atoms with Crippen LogP contribution in [0.15, 0.2) is 53.7 Å². The van der Waals surface area contributed by atoms with E-state index in [-0.39, 0.29) is 0 Å². The largest absolute Gasteiger partial charge is 0.357 e. The van der Waals surface area contributed by atoms with Gasteiger partial charge in [-0.1, -0.05) is 30.3 Å². The van der Waals surface area contributed by atoms with Crippen molar-refractivity contribution in [2.45, 2.75) is 26.9 Å². The molecule has 0 aliphatic rings. The third-order valence-electron chi connectivity index (χ3n) is 3.18. The molecule has 0 saturated carbocycles. The molecule has 4 heteroatoms. The highest BCUT2D eigenvalue weighted by atomic mass is 15.2. The fourth-order valence-electron chi connectivity index (χ4n) is 1.97. The number of hydrogen-bond acceptors (Lipinski definition) is 2. The average molecular weight is 282 g/mol. The first kappa shape index (κ1) is 15.0. The first-order valence-corrected chi connectivity index (χ1v) is 7.26. The summed E-state index contributed by atoms with van der Waals surface area (Å²) in [5.41, 5.74) is 3.51. The SMILES string of the molecule is CCNC(=NCc1ccccc1C)NCc1ccccn1. The van der Waals surface area contributed by atoms with E-state index in [9.17, 15) is 0 Å². The van der Waals surface area contributed by atoms with Crippen LogP contribution in [0.3, 0.4) is 0 Å². The molecule has 21 heavy (non-hydrogen) atoms. The van der Waals surface area contributed by atoms with Crippen molar-refractivity contribution >= 4 is 5.96 Å². The van der Waals surface area contributed by atoms with Crippen molar-refractivity contribution in [3.8, 4) is 0 Å². The molecule has 0 atom stereocenters. The van der Waals surface area contributed by atoms with Gasteiger partial charge in [0.2, 0.25) is 0 Å². The molecule has 0 fully saturated rings. The van der Waals surface area contributed by atoms with Crippen molar-refractivity contribution in [2.75, 3.05) is 6.54 Å². The standard InChI is InChI=1S/C17H22N4/c1-3-18-17(21-13-16-10-6-7-11-19-16)20-12-15-9-5-4-8-14(15)2/h4-11H,3,12-13H2,1-2H3,(H2,18,20,21). The Morgan fingerprint density at radius 3 is 2.62 bits per heavy atom. The molecule has 0 bridgehead atoms. The summed E-state index contributed by atoms with van der Waals surface area (Å²) in [5.74, 6) is 0.811. The highest BCUT2D eigenvalue weighted by Gasteiger charge is 2.00. The predicted molar refractivity (Wildman–Crippen MR) is 87.1 cm³/mol. The smallest absolute Gasteiger partial charge is 0.191 e. The van der Waals surface area contributed by atoms with Crippen molar-refractivity contribution in [2.24, 2.45) is 4.99 Å². The van der Waals surface area contributed by atoms with Crippen LogP contribution in [-0.4, -0.2) is 17.5 Å². The zero-order valence-electron chi connectivity index (χ0n) is 12.6. The summed E-state index contributed by atoms with van der Waals surface area (Å²) in [7, 11) is 0. The molecule has 2 N–H and O–H groups in total. The van der Waals surface area contributed by atoms with E-state index in [0.29, 0.717) is 13.1 Å². The highest BCUT2D eigenvalue weighted by molar-refractivity contribution is 5.79. The van der Waals surface area contributed by atoms with Gasteiger partial charge in [0, 0.05) is 12.7 Å². The predicted octanol–water partition coefficient (Wildman–Crippen LogP) is 2.65. The van der Waals surface area contributed by atoms with Crippen LogP contribution >= 0.6 is 0 Å². The number of aryl methyl sites for hydroxylation is 1. The van der Waals surface area contributed by atoms with E-state index in [1.807, 2.05) is 30.3 Å². The van der Waals surface area contributed by atoms with E-state index >= 15 is 0 Å². The number of nitrogens with one attached hydrogen (secondary N) is 2. The molecule has 1 aromatic carbocycles. The average Bonchev–Trinajstić information content (AvgIpc) is 2.52. The van der Waals surface area contributed by atoms with E-state index < -0.39 is 0 Å². The fourth-order valence-corrected chi connectivity index (χ4v) is 1.97. The number of benzene rings is 1. The lowest BCUT2D eigenvalue weighted by Gasteiger charge is -2.11. The van der Waals surface area contributed by atoms with Gasteiger partial charge >= 0.3 is 0 Å². The van der Waals surface area contributed by atoms with Crippen LogP contribution in [-0.2, 0) is 13.1 Å². The Hall–Kier alpha value is -2.36. The maximum Gasteiger partial charge on any atom is 0.191 e. The topological polar surface area (TPSA) is 49.3 Å². The maximum absolute atomic E-state index is 4.63. The van der Waals surface area contributed by atoms with Gasteiger partial charge in [-0.15, -0.1) is 0 Å². The van der Waals surface area contributed by atoms with E-state index in [1.165, 1.54) is 11.1 Å². The molecule has 1 heterocycles. The lowest BCUT2D eigenvalue weighted by Crippen LogP contribution is -2.37. The second-order valence-electron chi connectivity index (χ2n) is 4.80. The molecular formula is C17H22N4.